The molecule has 0 aliphatic carbocycles. The van der Waals surface area contributed by atoms with Gasteiger partial charge in [0.05, 0.1) is 11.9 Å². The van der Waals surface area contributed by atoms with E-state index in [4.69, 9.17) is 9.77 Å². The molecule has 1 aromatic carbocycles. The van der Waals surface area contributed by atoms with Gasteiger partial charge in [0.25, 0.3) is 0 Å². The predicted molar refractivity (Wildman–Crippen MR) is 57.9 cm³/mol. The summed E-state index contributed by atoms with van der Waals surface area (Å²) in [5.41, 5.74) is 0.829. The van der Waals surface area contributed by atoms with E-state index >= 15 is 0 Å². The van der Waals surface area contributed by atoms with Crippen LogP contribution in [0.2, 0.25) is 0 Å². The van der Waals surface area contributed by atoms with Crippen molar-refractivity contribution in [1.82, 2.24) is 0 Å². The molecule has 0 fully saturated rings. The van der Waals surface area contributed by atoms with E-state index in [-0.39, 0.29) is 19.0 Å². The van der Waals surface area contributed by atoms with Crippen LogP contribution < -0.4 is 5.32 Å². The zero-order valence-electron chi connectivity index (χ0n) is 7.18. The third kappa shape index (κ3) is 7.67. The van der Waals surface area contributed by atoms with Crippen LogP contribution in [0.1, 0.15) is 0 Å². The van der Waals surface area contributed by atoms with Gasteiger partial charge in [-0.3, -0.25) is 9.45 Å². The van der Waals surface area contributed by atoms with Crippen molar-refractivity contribution in [3.05, 3.63) is 30.3 Å². The highest BCUT2D eigenvalue weighted by Gasteiger charge is 1.93. The van der Waals surface area contributed by atoms with Crippen LogP contribution in [0.25, 0.3) is 0 Å². The molecule has 0 aromatic heterocycles. The summed E-state index contributed by atoms with van der Waals surface area (Å²) < 4.78 is 6.47. The molecule has 4 nitrogen and oxygen atoms in total. The molecule has 0 saturated carbocycles. The lowest BCUT2D eigenvalue weighted by Crippen LogP contribution is -2.11. The topological polar surface area (TPSA) is 69.6 Å². The minimum Gasteiger partial charge on any atom is -0.480 e. The molecule has 80 valence electrons. The number of anilines is 1. The maximum absolute atomic E-state index is 10.1. The summed E-state index contributed by atoms with van der Waals surface area (Å²) in [5.74, 6) is -0.853. The summed E-state index contributed by atoms with van der Waals surface area (Å²) >= 11 is 3.64. The van der Waals surface area contributed by atoms with Gasteiger partial charge in [0.1, 0.15) is 6.54 Å². The van der Waals surface area contributed by atoms with Crippen LogP contribution in [-0.2, 0) is 4.79 Å². The summed E-state index contributed by atoms with van der Waals surface area (Å²) in [6.45, 7) is -0.0377. The standard InChI is InChI=1S/C8H9NO2.ClHO.ClH/c10-8(11)6-9-7-4-2-1-3-5-7;1-2;/h1-5,9H,6H2,(H,10,11);2H;1H. The smallest absolute Gasteiger partial charge is 0.322 e. The molecule has 0 amide bonds. The van der Waals surface area contributed by atoms with Crippen molar-refractivity contribution in [3.63, 3.8) is 0 Å². The van der Waals surface area contributed by atoms with Crippen LogP contribution in [0.3, 0.4) is 0 Å². The molecule has 0 heterocycles. The number of nitrogens with one attached hydrogen (secondary N) is 1. The molecule has 0 unspecified atom stereocenters. The second-order valence-corrected chi connectivity index (χ2v) is 2.11. The van der Waals surface area contributed by atoms with Crippen LogP contribution in [0, 0.1) is 0 Å². The first-order chi connectivity index (χ1) is 6.29. The normalized spacial score (nSPS) is 7.57. The molecule has 0 atom stereocenters. The van der Waals surface area contributed by atoms with Gasteiger partial charge in [0, 0.05) is 5.69 Å². The Hall–Kier alpha value is -0.970. The molecule has 3 N–H and O–H groups in total. The fraction of sp³-hybridized carbons (Fsp3) is 0.125. The number of hydrogen-bond donors (Lipinski definition) is 3. The van der Waals surface area contributed by atoms with Crippen molar-refractivity contribution < 1.29 is 14.6 Å². The highest BCUT2D eigenvalue weighted by Crippen LogP contribution is 2.03. The van der Waals surface area contributed by atoms with Gasteiger partial charge in [-0.05, 0) is 12.1 Å². The summed E-state index contributed by atoms with van der Waals surface area (Å²) in [7, 11) is 0. The van der Waals surface area contributed by atoms with Crippen LogP contribution in [0.5, 0.6) is 0 Å². The number of benzene rings is 1. The molecule has 6 heteroatoms. The minimum absolute atomic E-state index is 0. The van der Waals surface area contributed by atoms with Crippen molar-refractivity contribution in [1.29, 1.82) is 0 Å². The van der Waals surface area contributed by atoms with Crippen molar-refractivity contribution >= 4 is 35.9 Å². The van der Waals surface area contributed by atoms with E-state index in [9.17, 15) is 4.79 Å². The number of hydrogen-bond acceptors (Lipinski definition) is 3. The van der Waals surface area contributed by atoms with Crippen LogP contribution >= 0.6 is 24.3 Å². The second kappa shape index (κ2) is 10.1. The van der Waals surface area contributed by atoms with Crippen LogP contribution in [0.15, 0.2) is 30.3 Å². The van der Waals surface area contributed by atoms with Gasteiger partial charge in [0.2, 0.25) is 0 Å². The van der Waals surface area contributed by atoms with E-state index in [1.165, 1.54) is 0 Å². The van der Waals surface area contributed by atoms with E-state index in [0.29, 0.717) is 0 Å². The number of rotatable bonds is 3. The largest absolute Gasteiger partial charge is 0.480 e. The molecule has 1 rings (SSSR count). The molecular weight excluding hydrogens is 229 g/mol. The van der Waals surface area contributed by atoms with Gasteiger partial charge in [0.15, 0.2) is 0 Å². The Morgan fingerprint density at radius 2 is 1.79 bits per heavy atom. The third-order valence-corrected chi connectivity index (χ3v) is 1.22. The third-order valence-electron chi connectivity index (χ3n) is 1.22. The first-order valence-electron chi connectivity index (χ1n) is 3.46. The Morgan fingerprint density at radius 3 is 2.21 bits per heavy atom. The second-order valence-electron chi connectivity index (χ2n) is 2.11. The van der Waals surface area contributed by atoms with Crippen molar-refractivity contribution in [2.75, 3.05) is 11.9 Å². The molecule has 0 saturated heterocycles. The van der Waals surface area contributed by atoms with Gasteiger partial charge in [-0.2, -0.15) is 0 Å². The first-order valence-corrected chi connectivity index (χ1v) is 3.80. The van der Waals surface area contributed by atoms with Gasteiger partial charge >= 0.3 is 5.97 Å². The molecule has 0 aliphatic rings. The van der Waals surface area contributed by atoms with Crippen molar-refractivity contribution in [2.45, 2.75) is 0 Å². The SMILES string of the molecule is Cl.O=C(O)CNc1ccccc1.OCl. The Morgan fingerprint density at radius 1 is 1.29 bits per heavy atom. The Labute approximate surface area is 93.1 Å². The predicted octanol–water partition coefficient (Wildman–Crippen LogP) is 1.74. The Kier molecular flexibility index (Phi) is 11.2. The van der Waals surface area contributed by atoms with Crippen LogP contribution in [-0.4, -0.2) is 22.3 Å². The van der Waals surface area contributed by atoms with Crippen LogP contribution in [0.4, 0.5) is 5.69 Å². The molecule has 0 radical (unpaired) electrons. The average molecular weight is 240 g/mol. The van der Waals surface area contributed by atoms with E-state index < -0.39 is 5.97 Å². The maximum atomic E-state index is 10.1. The Bertz CT molecular complexity index is 244. The van der Waals surface area contributed by atoms with Gasteiger partial charge < -0.3 is 10.4 Å². The molecule has 0 bridgehead atoms. The zero-order valence-corrected chi connectivity index (χ0v) is 8.76. The summed E-state index contributed by atoms with van der Waals surface area (Å²) in [4.78, 5) is 10.1. The van der Waals surface area contributed by atoms with E-state index in [1.54, 1.807) is 0 Å². The number of carbonyl (C=O) groups is 1. The first kappa shape index (κ1) is 15.5. The quantitative estimate of drug-likeness (QED) is 0.752. The lowest BCUT2D eigenvalue weighted by Gasteiger charge is -2.00. The summed E-state index contributed by atoms with van der Waals surface area (Å²) in [6.07, 6.45) is 0. The average Bonchev–Trinajstić information content (AvgIpc) is 2.19. The zero-order chi connectivity index (χ0) is 10.1. The summed E-state index contributed by atoms with van der Waals surface area (Å²) in [5, 5.41) is 11.1. The maximum Gasteiger partial charge on any atom is 0.322 e. The lowest BCUT2D eigenvalue weighted by atomic mass is 10.3. The molecular formula is C8H11Cl2NO3. The number of para-hydroxylation sites is 1. The van der Waals surface area contributed by atoms with Gasteiger partial charge in [-0.25, -0.2) is 0 Å². The lowest BCUT2D eigenvalue weighted by molar-refractivity contribution is -0.134. The fourth-order valence-electron chi connectivity index (χ4n) is 0.734. The van der Waals surface area contributed by atoms with E-state index in [1.807, 2.05) is 30.3 Å². The minimum atomic E-state index is -0.853. The summed E-state index contributed by atoms with van der Waals surface area (Å²) in [6, 6.07) is 9.23. The molecule has 1 aromatic rings. The highest BCUT2D eigenvalue weighted by atomic mass is 35.5. The number of carboxylic acids is 1. The Balaban J connectivity index is 0. The number of aliphatic carboxylic acids is 1. The molecule has 14 heavy (non-hydrogen) atoms. The fourth-order valence-corrected chi connectivity index (χ4v) is 0.734. The molecule has 0 aliphatic heterocycles. The van der Waals surface area contributed by atoms with E-state index in [0.717, 1.165) is 5.69 Å². The number of halogens is 2. The monoisotopic (exact) mass is 239 g/mol. The molecule has 0 spiro atoms. The van der Waals surface area contributed by atoms with Crippen molar-refractivity contribution in [3.8, 4) is 0 Å². The van der Waals surface area contributed by atoms with Gasteiger partial charge in [-0.1, -0.05) is 18.2 Å². The number of carboxylic acid groups (broad SMARTS) is 1. The highest BCUT2D eigenvalue weighted by molar-refractivity contribution is 6.04. The van der Waals surface area contributed by atoms with Gasteiger partial charge in [-0.15, -0.1) is 12.4 Å². The van der Waals surface area contributed by atoms with Crippen molar-refractivity contribution in [2.24, 2.45) is 0 Å². The van der Waals surface area contributed by atoms with E-state index in [2.05, 4.69) is 17.2 Å².